The largest absolute Gasteiger partial charge is 0.404 e. The third-order valence-electron chi connectivity index (χ3n) is 6.09. The van der Waals surface area contributed by atoms with Gasteiger partial charge in [0.2, 0.25) is 6.41 Å². The summed E-state index contributed by atoms with van der Waals surface area (Å²) in [5.74, 6) is 0.244. The van der Waals surface area contributed by atoms with Gasteiger partial charge in [-0.15, -0.1) is 6.58 Å². The van der Waals surface area contributed by atoms with E-state index in [2.05, 4.69) is 58.4 Å². The van der Waals surface area contributed by atoms with Crippen LogP contribution in [0.3, 0.4) is 0 Å². The molecule has 8 heteroatoms. The predicted molar refractivity (Wildman–Crippen MR) is 157 cm³/mol. The van der Waals surface area contributed by atoms with Gasteiger partial charge in [0, 0.05) is 37.1 Å². The van der Waals surface area contributed by atoms with Gasteiger partial charge in [0.25, 0.3) is 5.91 Å². The van der Waals surface area contributed by atoms with Gasteiger partial charge < -0.3 is 22.1 Å². The Morgan fingerprint density at radius 1 is 1.13 bits per heavy atom. The van der Waals surface area contributed by atoms with Gasteiger partial charge in [-0.25, -0.2) is 4.98 Å². The quantitative estimate of drug-likeness (QED) is 0.101. The topological polar surface area (TPSA) is 135 Å². The second-order valence-corrected chi connectivity index (χ2v) is 8.68. The Labute approximate surface area is 224 Å². The lowest BCUT2D eigenvalue weighted by Gasteiger charge is -2.15. The zero-order valence-corrected chi connectivity index (χ0v) is 22.5. The van der Waals surface area contributed by atoms with Crippen LogP contribution in [-0.4, -0.2) is 30.1 Å². The number of nitrogens with two attached hydrogens (primary N) is 2. The molecule has 1 aromatic heterocycles. The first-order chi connectivity index (χ1) is 18.4. The summed E-state index contributed by atoms with van der Waals surface area (Å²) in [5.41, 5.74) is 17.6. The van der Waals surface area contributed by atoms with Crippen molar-refractivity contribution in [1.29, 1.82) is 0 Å². The molecule has 3 rings (SSSR count). The zero-order valence-electron chi connectivity index (χ0n) is 22.5. The molecule has 2 amide bonds. The van der Waals surface area contributed by atoms with Gasteiger partial charge >= 0.3 is 0 Å². The van der Waals surface area contributed by atoms with Gasteiger partial charge in [-0.05, 0) is 72.0 Å². The van der Waals surface area contributed by atoms with Crippen molar-refractivity contribution in [2.45, 2.75) is 46.7 Å². The number of anilines is 1. The van der Waals surface area contributed by atoms with Crippen LogP contribution in [0.5, 0.6) is 0 Å². The summed E-state index contributed by atoms with van der Waals surface area (Å²) in [6.07, 6.45) is 8.80. The number of aryl methyl sites for hydroxylation is 3. The molecular weight excluding hydrogens is 476 g/mol. The summed E-state index contributed by atoms with van der Waals surface area (Å²) < 4.78 is 0. The molecule has 0 saturated heterocycles. The number of fused-ring (bicyclic) bond motifs is 1. The molecule has 6 N–H and O–H groups in total. The van der Waals surface area contributed by atoms with Gasteiger partial charge in [0.1, 0.15) is 5.82 Å². The van der Waals surface area contributed by atoms with Crippen LogP contribution >= 0.6 is 0 Å². The molecule has 0 aliphatic rings. The number of carbonyl (C=O) groups is 2. The van der Waals surface area contributed by atoms with Gasteiger partial charge in [-0.3, -0.25) is 14.6 Å². The second kappa shape index (κ2) is 15.6. The highest BCUT2D eigenvalue weighted by Crippen LogP contribution is 2.27. The number of rotatable bonds is 11. The van der Waals surface area contributed by atoms with Gasteiger partial charge in [0.05, 0.1) is 12.1 Å². The van der Waals surface area contributed by atoms with E-state index in [-0.39, 0.29) is 5.91 Å². The lowest BCUT2D eigenvalue weighted by atomic mass is 9.96. The Hall–Kier alpha value is -4.46. The molecule has 0 saturated carbocycles. The highest BCUT2D eigenvalue weighted by atomic mass is 16.1. The SMILES string of the molecule is C=CCCNC=O.CCc1ccc(CN=C/C(=C\N)C(=O)NCc2c(C)cc3c(N)nccc3c2C)cc1. The van der Waals surface area contributed by atoms with Crippen molar-refractivity contribution < 1.29 is 9.59 Å². The first-order valence-electron chi connectivity index (χ1n) is 12.5. The maximum atomic E-state index is 12.6. The van der Waals surface area contributed by atoms with E-state index in [1.807, 2.05) is 26.0 Å². The van der Waals surface area contributed by atoms with E-state index in [4.69, 9.17) is 11.5 Å². The molecule has 0 bridgehead atoms. The molecule has 1 heterocycles. The number of nitrogens with one attached hydrogen (secondary N) is 2. The molecule has 0 radical (unpaired) electrons. The number of nitrogens with zero attached hydrogens (tertiary/aromatic N) is 2. The molecule has 0 aliphatic heterocycles. The monoisotopic (exact) mass is 514 g/mol. The van der Waals surface area contributed by atoms with Crippen molar-refractivity contribution in [1.82, 2.24) is 15.6 Å². The highest BCUT2D eigenvalue weighted by molar-refractivity contribution is 6.12. The molecule has 0 fully saturated rings. The van der Waals surface area contributed by atoms with E-state index >= 15 is 0 Å². The van der Waals surface area contributed by atoms with E-state index in [1.54, 1.807) is 12.3 Å². The first kappa shape index (κ1) is 29.8. The van der Waals surface area contributed by atoms with E-state index in [1.165, 1.54) is 18.0 Å². The number of aliphatic imine (C=N–C) groups is 1. The van der Waals surface area contributed by atoms with E-state index in [0.717, 1.165) is 45.9 Å². The fraction of sp³-hybridized carbons (Fsp3) is 0.267. The molecule has 0 aliphatic carbocycles. The standard InChI is InChI=1S/C25H29N5O.C5H9NO/c1-4-18-5-7-19(8-6-18)13-28-14-20(12-26)25(31)30-15-23-16(2)11-22-21(17(23)3)9-10-29-24(22)27;1-2-3-4-6-5-7/h5-12,14H,4,13,15,26H2,1-3H3,(H2,27,29)(H,30,31);2,5H,1,3-4H2,(H,6,7)/b20-12+,28-14?;. The number of aromatic nitrogens is 1. The number of pyridine rings is 1. The summed E-state index contributed by atoms with van der Waals surface area (Å²) in [4.78, 5) is 30.7. The van der Waals surface area contributed by atoms with Gasteiger partial charge in [-0.1, -0.05) is 37.3 Å². The Kier molecular flexibility index (Phi) is 12.2. The molecule has 0 spiro atoms. The van der Waals surface area contributed by atoms with Crippen LogP contribution in [0.4, 0.5) is 5.82 Å². The molecule has 200 valence electrons. The summed E-state index contributed by atoms with van der Waals surface area (Å²) in [6, 6.07) is 12.2. The number of hydrogen-bond acceptors (Lipinski definition) is 6. The van der Waals surface area contributed by atoms with Crippen LogP contribution in [0.25, 0.3) is 10.8 Å². The maximum absolute atomic E-state index is 12.6. The number of benzene rings is 2. The van der Waals surface area contributed by atoms with Crippen molar-refractivity contribution in [2.24, 2.45) is 10.7 Å². The first-order valence-corrected chi connectivity index (χ1v) is 12.5. The summed E-state index contributed by atoms with van der Waals surface area (Å²) >= 11 is 0. The molecule has 0 atom stereocenters. The average molecular weight is 515 g/mol. The van der Waals surface area contributed by atoms with Crippen LogP contribution in [0, 0.1) is 13.8 Å². The van der Waals surface area contributed by atoms with E-state index < -0.39 is 0 Å². The normalized spacial score (nSPS) is 11.1. The van der Waals surface area contributed by atoms with Gasteiger partial charge in [-0.2, -0.15) is 0 Å². The molecule has 2 aromatic carbocycles. The molecule has 3 aromatic rings. The Morgan fingerprint density at radius 2 is 1.84 bits per heavy atom. The van der Waals surface area contributed by atoms with Crippen LogP contribution in [-0.2, 0) is 29.1 Å². The number of amides is 2. The third-order valence-corrected chi connectivity index (χ3v) is 6.09. The smallest absolute Gasteiger partial charge is 0.254 e. The summed E-state index contributed by atoms with van der Waals surface area (Å²) in [5, 5.41) is 7.41. The minimum Gasteiger partial charge on any atom is -0.404 e. The summed E-state index contributed by atoms with van der Waals surface area (Å²) in [7, 11) is 0. The Balaban J connectivity index is 0.000000638. The highest BCUT2D eigenvalue weighted by Gasteiger charge is 2.12. The lowest BCUT2D eigenvalue weighted by Crippen LogP contribution is -2.26. The number of carbonyl (C=O) groups excluding carboxylic acids is 2. The minimum absolute atomic E-state index is 0.263. The lowest BCUT2D eigenvalue weighted by molar-refractivity contribution is -0.117. The second-order valence-electron chi connectivity index (χ2n) is 8.68. The third kappa shape index (κ3) is 8.58. The zero-order chi connectivity index (χ0) is 27.9. The molecular formula is C30H38N6O2. The van der Waals surface area contributed by atoms with Crippen LogP contribution in [0.1, 0.15) is 41.2 Å². The summed E-state index contributed by atoms with van der Waals surface area (Å²) in [6.45, 7) is 11.2. The van der Waals surface area contributed by atoms with Crippen molar-refractivity contribution in [3.05, 3.63) is 94.8 Å². The average Bonchev–Trinajstić information content (AvgIpc) is 2.92. The fourth-order valence-electron chi connectivity index (χ4n) is 3.82. The molecule has 8 nitrogen and oxygen atoms in total. The fourth-order valence-corrected chi connectivity index (χ4v) is 3.82. The van der Waals surface area contributed by atoms with Crippen LogP contribution < -0.4 is 22.1 Å². The van der Waals surface area contributed by atoms with E-state index in [9.17, 15) is 9.59 Å². The van der Waals surface area contributed by atoms with Crippen molar-refractivity contribution in [3.8, 4) is 0 Å². The molecule has 38 heavy (non-hydrogen) atoms. The maximum Gasteiger partial charge on any atom is 0.254 e. The van der Waals surface area contributed by atoms with Crippen molar-refractivity contribution in [3.63, 3.8) is 0 Å². The Morgan fingerprint density at radius 3 is 2.47 bits per heavy atom. The number of nitrogen functional groups attached to an aromatic ring is 1. The van der Waals surface area contributed by atoms with E-state index in [0.29, 0.717) is 37.4 Å². The predicted octanol–water partition coefficient (Wildman–Crippen LogP) is 4.03. The van der Waals surface area contributed by atoms with Crippen LogP contribution in [0.2, 0.25) is 0 Å². The van der Waals surface area contributed by atoms with Crippen molar-refractivity contribution in [2.75, 3.05) is 12.3 Å². The van der Waals surface area contributed by atoms with Crippen molar-refractivity contribution >= 4 is 35.1 Å². The van der Waals surface area contributed by atoms with Crippen LogP contribution in [0.15, 0.2) is 72.0 Å². The number of hydrogen-bond donors (Lipinski definition) is 4. The Bertz CT molecular complexity index is 1290. The van der Waals surface area contributed by atoms with Gasteiger partial charge in [0.15, 0.2) is 0 Å². The minimum atomic E-state index is -0.263. The molecule has 0 unspecified atom stereocenters.